The zero-order chi connectivity index (χ0) is 17.9. The predicted molar refractivity (Wildman–Crippen MR) is 104 cm³/mol. The Kier molecular flexibility index (Phi) is 4.71. The van der Waals surface area contributed by atoms with Crippen LogP contribution in [0.25, 0.3) is 10.6 Å². The first-order valence-electron chi connectivity index (χ1n) is 8.69. The zero-order valence-electron chi connectivity index (χ0n) is 14.6. The zero-order valence-corrected chi connectivity index (χ0v) is 15.4. The van der Waals surface area contributed by atoms with Crippen molar-refractivity contribution in [3.05, 3.63) is 71.2 Å². The number of benzene rings is 2. The fourth-order valence-corrected chi connectivity index (χ4v) is 4.24. The number of amides is 1. The number of carbonyl (C=O) groups is 1. The topological polar surface area (TPSA) is 42.4 Å². The molecule has 1 saturated heterocycles. The Balaban J connectivity index is 1.51. The number of hydrogen-bond donors (Lipinski definition) is 0. The number of rotatable bonds is 4. The van der Waals surface area contributed by atoms with E-state index in [0.29, 0.717) is 11.6 Å². The lowest BCUT2D eigenvalue weighted by molar-refractivity contribution is 0.0786. The van der Waals surface area contributed by atoms with Gasteiger partial charge >= 0.3 is 0 Å². The van der Waals surface area contributed by atoms with Crippen molar-refractivity contribution >= 4 is 17.2 Å². The molecule has 0 spiro atoms. The molecule has 4 nitrogen and oxygen atoms in total. The van der Waals surface area contributed by atoms with Crippen molar-refractivity contribution in [3.8, 4) is 16.3 Å². The van der Waals surface area contributed by atoms with Crippen LogP contribution in [0.15, 0.2) is 60.0 Å². The molecule has 3 aromatic rings. The molecule has 1 amide bonds. The second-order valence-electron chi connectivity index (χ2n) is 6.39. The number of nitrogens with zero attached hydrogens (tertiary/aromatic N) is 2. The monoisotopic (exact) mass is 364 g/mol. The first kappa shape index (κ1) is 16.8. The van der Waals surface area contributed by atoms with Gasteiger partial charge in [-0.25, -0.2) is 4.98 Å². The van der Waals surface area contributed by atoms with Crippen LogP contribution in [-0.2, 0) is 0 Å². The smallest absolute Gasteiger partial charge is 0.273 e. The van der Waals surface area contributed by atoms with Crippen LogP contribution in [0.3, 0.4) is 0 Å². The largest absolute Gasteiger partial charge is 0.496 e. The van der Waals surface area contributed by atoms with Crippen LogP contribution in [0.1, 0.15) is 28.4 Å². The third-order valence-corrected chi connectivity index (χ3v) is 5.68. The van der Waals surface area contributed by atoms with E-state index in [-0.39, 0.29) is 5.91 Å². The maximum Gasteiger partial charge on any atom is 0.273 e. The maximum absolute atomic E-state index is 12.9. The van der Waals surface area contributed by atoms with Crippen molar-refractivity contribution in [2.75, 3.05) is 20.2 Å². The summed E-state index contributed by atoms with van der Waals surface area (Å²) < 4.78 is 5.40. The highest BCUT2D eigenvalue weighted by Gasteiger charge is 2.29. The summed E-state index contributed by atoms with van der Waals surface area (Å²) in [6, 6.07) is 18.2. The summed E-state index contributed by atoms with van der Waals surface area (Å²) in [6.07, 6.45) is 0.999. The van der Waals surface area contributed by atoms with Crippen molar-refractivity contribution in [2.45, 2.75) is 12.3 Å². The summed E-state index contributed by atoms with van der Waals surface area (Å²) in [4.78, 5) is 19.4. The van der Waals surface area contributed by atoms with Gasteiger partial charge in [-0.3, -0.25) is 4.79 Å². The van der Waals surface area contributed by atoms with Gasteiger partial charge in [0.1, 0.15) is 16.5 Å². The Morgan fingerprint density at radius 2 is 1.92 bits per heavy atom. The fraction of sp³-hybridized carbons (Fsp3) is 0.238. The lowest BCUT2D eigenvalue weighted by Gasteiger charge is -2.15. The lowest BCUT2D eigenvalue weighted by atomic mass is 9.99. The van der Waals surface area contributed by atoms with Gasteiger partial charge in [0.25, 0.3) is 5.91 Å². The van der Waals surface area contributed by atoms with Crippen LogP contribution in [0, 0.1) is 0 Å². The molecule has 26 heavy (non-hydrogen) atoms. The van der Waals surface area contributed by atoms with E-state index in [1.165, 1.54) is 16.9 Å². The fourth-order valence-electron chi connectivity index (χ4n) is 3.42. The van der Waals surface area contributed by atoms with E-state index in [0.717, 1.165) is 35.8 Å². The first-order chi connectivity index (χ1) is 12.8. The van der Waals surface area contributed by atoms with Crippen molar-refractivity contribution in [2.24, 2.45) is 0 Å². The van der Waals surface area contributed by atoms with Crippen molar-refractivity contribution in [1.29, 1.82) is 0 Å². The van der Waals surface area contributed by atoms with Crippen LogP contribution >= 0.6 is 11.3 Å². The van der Waals surface area contributed by atoms with E-state index in [9.17, 15) is 4.79 Å². The number of hydrogen-bond acceptors (Lipinski definition) is 4. The number of thiazole rings is 1. The van der Waals surface area contributed by atoms with Crippen molar-refractivity contribution in [3.63, 3.8) is 0 Å². The van der Waals surface area contributed by atoms with Gasteiger partial charge in [-0.1, -0.05) is 42.5 Å². The van der Waals surface area contributed by atoms with Crippen LogP contribution in [0.2, 0.25) is 0 Å². The van der Waals surface area contributed by atoms with E-state index in [2.05, 4.69) is 29.2 Å². The molecule has 0 bridgehead atoms. The molecular formula is C21H20N2O2S. The average molecular weight is 364 g/mol. The third-order valence-electron chi connectivity index (χ3n) is 4.81. The van der Waals surface area contributed by atoms with E-state index in [1.807, 2.05) is 40.6 Å². The minimum atomic E-state index is 0.0147. The molecular weight excluding hydrogens is 344 g/mol. The lowest BCUT2D eigenvalue weighted by Crippen LogP contribution is -2.28. The Bertz CT molecular complexity index is 907. The molecule has 1 aromatic heterocycles. The molecule has 1 aliphatic rings. The number of aromatic nitrogens is 1. The summed E-state index contributed by atoms with van der Waals surface area (Å²) in [7, 11) is 1.65. The number of likely N-dealkylation sites (tertiary alicyclic amines) is 1. The second kappa shape index (κ2) is 7.30. The van der Waals surface area contributed by atoms with Gasteiger partial charge < -0.3 is 9.64 Å². The highest BCUT2D eigenvalue weighted by molar-refractivity contribution is 7.13. The standard InChI is InChI=1S/C21H20N2O2S/c1-25-19-10-6-5-9-17(19)20-22-18(14-26-20)21(24)23-12-11-16(13-23)15-7-3-2-4-8-15/h2-10,14,16H,11-13H2,1H3. The molecule has 1 unspecified atom stereocenters. The predicted octanol–water partition coefficient (Wildman–Crippen LogP) is 4.45. The molecule has 2 heterocycles. The van der Waals surface area contributed by atoms with Crippen molar-refractivity contribution < 1.29 is 9.53 Å². The molecule has 1 aliphatic heterocycles. The van der Waals surface area contributed by atoms with Crippen LogP contribution < -0.4 is 4.74 Å². The quantitative estimate of drug-likeness (QED) is 0.687. The molecule has 1 fully saturated rings. The van der Waals surface area contributed by atoms with E-state index < -0.39 is 0 Å². The molecule has 132 valence electrons. The van der Waals surface area contributed by atoms with Crippen molar-refractivity contribution in [1.82, 2.24) is 9.88 Å². The highest BCUT2D eigenvalue weighted by atomic mass is 32.1. The number of para-hydroxylation sites is 1. The Labute approximate surface area is 157 Å². The number of carbonyl (C=O) groups excluding carboxylic acids is 1. The van der Waals surface area contributed by atoms with E-state index in [4.69, 9.17) is 4.74 Å². The highest BCUT2D eigenvalue weighted by Crippen LogP contribution is 2.33. The molecule has 0 aliphatic carbocycles. The first-order valence-corrected chi connectivity index (χ1v) is 9.57. The molecule has 1 atom stereocenters. The van der Waals surface area contributed by atoms with Gasteiger partial charge in [0, 0.05) is 24.4 Å². The van der Waals surface area contributed by atoms with Crippen LogP contribution in [0.5, 0.6) is 5.75 Å². The van der Waals surface area contributed by atoms with Gasteiger partial charge in [-0.05, 0) is 24.1 Å². The van der Waals surface area contributed by atoms with Gasteiger partial charge in [0.15, 0.2) is 0 Å². The summed E-state index contributed by atoms with van der Waals surface area (Å²) in [5.74, 6) is 1.19. The molecule has 0 N–H and O–H groups in total. The van der Waals surface area contributed by atoms with Gasteiger partial charge in [0.2, 0.25) is 0 Å². The molecule has 4 rings (SSSR count). The van der Waals surface area contributed by atoms with Crippen LogP contribution in [0.4, 0.5) is 0 Å². The number of ether oxygens (including phenoxy) is 1. The third kappa shape index (κ3) is 3.22. The number of methoxy groups -OCH3 is 1. The van der Waals surface area contributed by atoms with E-state index >= 15 is 0 Å². The van der Waals surface area contributed by atoms with Crippen LogP contribution in [-0.4, -0.2) is 36.0 Å². The molecule has 0 saturated carbocycles. The minimum absolute atomic E-state index is 0.0147. The Morgan fingerprint density at radius 1 is 1.15 bits per heavy atom. The Morgan fingerprint density at radius 3 is 2.73 bits per heavy atom. The molecule has 5 heteroatoms. The SMILES string of the molecule is COc1ccccc1-c1nc(C(=O)N2CCC(c3ccccc3)C2)cs1. The maximum atomic E-state index is 12.9. The van der Waals surface area contributed by atoms with Gasteiger partial charge in [-0.15, -0.1) is 11.3 Å². The van der Waals surface area contributed by atoms with E-state index in [1.54, 1.807) is 7.11 Å². The summed E-state index contributed by atoms with van der Waals surface area (Å²) >= 11 is 1.48. The molecule has 0 radical (unpaired) electrons. The summed E-state index contributed by atoms with van der Waals surface area (Å²) in [5.41, 5.74) is 2.74. The normalized spacial score (nSPS) is 16.7. The molecule has 2 aromatic carbocycles. The minimum Gasteiger partial charge on any atom is -0.496 e. The average Bonchev–Trinajstić information content (AvgIpc) is 3.38. The summed E-state index contributed by atoms with van der Waals surface area (Å²) in [6.45, 7) is 1.53. The van der Waals surface area contributed by atoms with Gasteiger partial charge in [0.05, 0.1) is 12.7 Å². The summed E-state index contributed by atoms with van der Waals surface area (Å²) in [5, 5.41) is 2.66. The van der Waals surface area contributed by atoms with Gasteiger partial charge in [-0.2, -0.15) is 0 Å². The Hall–Kier alpha value is -2.66. The second-order valence-corrected chi connectivity index (χ2v) is 7.24.